The molecule has 3 atom stereocenters. The second-order valence-electron chi connectivity index (χ2n) is 1.48. The van der Waals surface area contributed by atoms with E-state index in [1.807, 2.05) is 0 Å². The molecule has 0 saturated carbocycles. The van der Waals surface area contributed by atoms with Crippen molar-refractivity contribution in [3.63, 3.8) is 0 Å². The van der Waals surface area contributed by atoms with Gasteiger partial charge in [0.15, 0.2) is 0 Å². The fourth-order valence-electron chi connectivity index (χ4n) is 0.243. The molecule has 7 heteroatoms. The molecule has 0 amide bonds. The molecule has 0 bridgehead atoms. The first-order valence-corrected chi connectivity index (χ1v) is 3.44. The first-order chi connectivity index (χ1) is 4.46. The van der Waals surface area contributed by atoms with E-state index in [0.717, 1.165) is 0 Å². The molecule has 0 radical (unpaired) electrons. The van der Waals surface area contributed by atoms with Crippen molar-refractivity contribution in [1.29, 1.82) is 0 Å². The average molecular weight is 168 g/mol. The molecule has 0 aliphatic heterocycles. The number of hydrogen-bond donors (Lipinski definition) is 3. The number of aliphatic hydroxyl groups is 2. The largest absolute Gasteiger partial charge is 0.593 e. The number of rotatable bonds is 3. The van der Waals surface area contributed by atoms with Gasteiger partial charge in [0.25, 0.3) is 5.85 Å². The summed E-state index contributed by atoms with van der Waals surface area (Å²) in [7, 11) is -3.31. The molecule has 0 aliphatic carbocycles. The minimum absolute atomic E-state index is 1.77. The van der Waals surface area contributed by atoms with Crippen molar-refractivity contribution in [1.82, 2.24) is 0 Å². The maximum Gasteiger partial charge on any atom is 0.344 e. The van der Waals surface area contributed by atoms with Crippen LogP contribution in [-0.2, 0) is 9.36 Å². The summed E-state index contributed by atoms with van der Waals surface area (Å²) < 4.78 is 9.81. The fraction of sp³-hybridized carbons (Fsp3) is 0.667. The van der Waals surface area contributed by atoms with Crippen LogP contribution in [0.4, 0.5) is 0 Å². The Labute approximate surface area is 56.6 Å². The second-order valence-corrected chi connectivity index (χ2v) is 2.58. The third-order valence-electron chi connectivity index (χ3n) is 0.751. The molecule has 0 heterocycles. The summed E-state index contributed by atoms with van der Waals surface area (Å²) in [6.07, 6.45) is -2.26. The normalized spacial score (nSPS) is 17.7. The lowest BCUT2D eigenvalue weighted by Gasteiger charge is -2.03. The SMILES string of the molecule is O=C(O)[C@H](O)C(O)[P+](=O)[O-]. The molecule has 0 aromatic carbocycles. The summed E-state index contributed by atoms with van der Waals surface area (Å²) in [4.78, 5) is 19.6. The van der Waals surface area contributed by atoms with E-state index < -0.39 is 25.9 Å². The highest BCUT2D eigenvalue weighted by molar-refractivity contribution is 7.37. The second kappa shape index (κ2) is 3.58. The van der Waals surface area contributed by atoms with Gasteiger partial charge in [-0.15, -0.1) is 0 Å². The first-order valence-electron chi connectivity index (χ1n) is 2.19. The predicted molar refractivity (Wildman–Crippen MR) is 27.3 cm³/mol. The molecule has 0 aromatic rings. The van der Waals surface area contributed by atoms with Crippen molar-refractivity contribution in [2.75, 3.05) is 0 Å². The summed E-state index contributed by atoms with van der Waals surface area (Å²) in [6.45, 7) is 0. The molecule has 0 rings (SSSR count). The van der Waals surface area contributed by atoms with Gasteiger partial charge in [-0.2, -0.15) is 0 Å². The summed E-state index contributed by atoms with van der Waals surface area (Å²) in [5.41, 5.74) is 0. The van der Waals surface area contributed by atoms with Crippen molar-refractivity contribution in [3.05, 3.63) is 0 Å². The van der Waals surface area contributed by atoms with Crippen LogP contribution in [0.25, 0.3) is 0 Å². The Bertz CT molecular complexity index is 137. The van der Waals surface area contributed by atoms with Crippen LogP contribution in [0.15, 0.2) is 0 Å². The van der Waals surface area contributed by atoms with Gasteiger partial charge < -0.3 is 20.2 Å². The summed E-state index contributed by atoms with van der Waals surface area (Å²) in [6, 6.07) is 0. The maximum atomic E-state index is 9.81. The molecular weight excluding hydrogens is 163 g/mol. The summed E-state index contributed by atoms with van der Waals surface area (Å²) >= 11 is 0. The van der Waals surface area contributed by atoms with Gasteiger partial charge in [0.05, 0.1) is 0 Å². The van der Waals surface area contributed by atoms with Crippen molar-refractivity contribution in [2.45, 2.75) is 11.9 Å². The van der Waals surface area contributed by atoms with Crippen LogP contribution in [0.1, 0.15) is 0 Å². The van der Waals surface area contributed by atoms with Crippen LogP contribution < -0.4 is 4.89 Å². The zero-order chi connectivity index (χ0) is 8.31. The number of aliphatic hydroxyl groups excluding tert-OH is 2. The Morgan fingerprint density at radius 1 is 1.50 bits per heavy atom. The number of carboxylic acid groups (broad SMARTS) is 1. The first kappa shape index (κ1) is 9.45. The molecular formula is C3H5O6P. The number of carbonyl (C=O) groups is 1. The highest BCUT2D eigenvalue weighted by Crippen LogP contribution is 2.17. The highest BCUT2D eigenvalue weighted by atomic mass is 31.1. The van der Waals surface area contributed by atoms with Crippen molar-refractivity contribution < 1.29 is 29.6 Å². The van der Waals surface area contributed by atoms with E-state index in [2.05, 4.69) is 0 Å². The molecule has 3 N–H and O–H groups in total. The minimum Gasteiger partial charge on any atom is -0.593 e. The van der Waals surface area contributed by atoms with E-state index in [-0.39, 0.29) is 0 Å². The van der Waals surface area contributed by atoms with Gasteiger partial charge in [0.1, 0.15) is 0 Å². The van der Waals surface area contributed by atoms with Crippen LogP contribution in [0.5, 0.6) is 0 Å². The van der Waals surface area contributed by atoms with Gasteiger partial charge in [-0.1, -0.05) is 4.57 Å². The maximum absolute atomic E-state index is 9.81. The average Bonchev–Trinajstić information content (AvgIpc) is 1.84. The minimum atomic E-state index is -3.31. The molecule has 2 unspecified atom stereocenters. The van der Waals surface area contributed by atoms with Gasteiger partial charge in [-0.25, -0.2) is 4.79 Å². The van der Waals surface area contributed by atoms with Crippen molar-refractivity contribution >= 4 is 14.0 Å². The van der Waals surface area contributed by atoms with Crippen molar-refractivity contribution in [2.24, 2.45) is 0 Å². The molecule has 0 spiro atoms. The quantitative estimate of drug-likeness (QED) is 0.413. The van der Waals surface area contributed by atoms with Gasteiger partial charge >= 0.3 is 14.0 Å². The zero-order valence-corrected chi connectivity index (χ0v) is 5.56. The third-order valence-corrected chi connectivity index (χ3v) is 1.47. The summed E-state index contributed by atoms with van der Waals surface area (Å²) in [5.74, 6) is -4.00. The van der Waals surface area contributed by atoms with Gasteiger partial charge in [0.2, 0.25) is 6.10 Å². The van der Waals surface area contributed by atoms with Gasteiger partial charge in [0, 0.05) is 0 Å². The number of carboxylic acids is 1. The van der Waals surface area contributed by atoms with E-state index in [1.165, 1.54) is 0 Å². The standard InChI is InChI=1S/C3H5O6P/c4-1(2(5)6)3(7)10(8)9/h1,3-4,7H,(H,5,6)/t1-,3?/m0/s1. The molecule has 0 fully saturated rings. The topological polar surface area (TPSA) is 118 Å². The lowest BCUT2D eigenvalue weighted by Crippen LogP contribution is -2.32. The Kier molecular flexibility index (Phi) is 3.38. The highest BCUT2D eigenvalue weighted by Gasteiger charge is 2.33. The molecule has 58 valence electrons. The molecule has 0 aromatic heterocycles. The van der Waals surface area contributed by atoms with Gasteiger partial charge in [-0.05, 0) is 0 Å². The molecule has 0 aliphatic rings. The van der Waals surface area contributed by atoms with Crippen LogP contribution >= 0.6 is 8.03 Å². The zero-order valence-electron chi connectivity index (χ0n) is 4.67. The molecule has 6 nitrogen and oxygen atoms in total. The Morgan fingerprint density at radius 2 is 1.90 bits per heavy atom. The Balaban J connectivity index is 4.07. The van der Waals surface area contributed by atoms with Crippen LogP contribution in [0.3, 0.4) is 0 Å². The van der Waals surface area contributed by atoms with Crippen LogP contribution in [0.2, 0.25) is 0 Å². The fourth-order valence-corrected chi connectivity index (χ4v) is 0.601. The molecule has 10 heavy (non-hydrogen) atoms. The van der Waals surface area contributed by atoms with E-state index in [4.69, 9.17) is 15.3 Å². The van der Waals surface area contributed by atoms with E-state index >= 15 is 0 Å². The van der Waals surface area contributed by atoms with E-state index in [0.29, 0.717) is 0 Å². The Morgan fingerprint density at radius 3 is 2.00 bits per heavy atom. The third kappa shape index (κ3) is 2.36. The summed E-state index contributed by atoms with van der Waals surface area (Å²) in [5, 5.41) is 24.6. The van der Waals surface area contributed by atoms with Crippen LogP contribution in [0, 0.1) is 0 Å². The molecule has 0 saturated heterocycles. The van der Waals surface area contributed by atoms with E-state index in [1.54, 1.807) is 0 Å². The van der Waals surface area contributed by atoms with Crippen LogP contribution in [-0.4, -0.2) is 33.2 Å². The lowest BCUT2D eigenvalue weighted by molar-refractivity contribution is -0.179. The smallest absolute Gasteiger partial charge is 0.344 e. The lowest BCUT2D eigenvalue weighted by atomic mass is 10.4. The Hall–Kier alpha value is -0.550. The monoisotopic (exact) mass is 168 g/mol. The van der Waals surface area contributed by atoms with E-state index in [9.17, 15) is 14.3 Å². The number of hydrogen-bond acceptors (Lipinski definition) is 5. The van der Waals surface area contributed by atoms with Gasteiger partial charge in [-0.3, -0.25) is 0 Å². The number of aliphatic carboxylic acids is 1. The van der Waals surface area contributed by atoms with Crippen molar-refractivity contribution in [3.8, 4) is 0 Å². The predicted octanol–water partition coefficient (Wildman–Crippen LogP) is -2.15.